The van der Waals surface area contributed by atoms with E-state index in [0.29, 0.717) is 11.3 Å². The van der Waals surface area contributed by atoms with E-state index in [-0.39, 0.29) is 23.9 Å². The quantitative estimate of drug-likeness (QED) is 0.736. The first kappa shape index (κ1) is 12.4. The highest BCUT2D eigenvalue weighted by atomic mass is 19.1. The lowest BCUT2D eigenvalue weighted by Gasteiger charge is -2.17. The minimum absolute atomic E-state index is 0.132. The van der Waals surface area contributed by atoms with Gasteiger partial charge in [-0.1, -0.05) is 0 Å². The summed E-state index contributed by atoms with van der Waals surface area (Å²) in [5.41, 5.74) is 1.06. The predicted molar refractivity (Wildman–Crippen MR) is 59.8 cm³/mol. The van der Waals surface area contributed by atoms with Gasteiger partial charge in [-0.15, -0.1) is 0 Å². The maximum absolute atomic E-state index is 13.0. The summed E-state index contributed by atoms with van der Waals surface area (Å²) in [6, 6.07) is 4.40. The van der Waals surface area contributed by atoms with E-state index < -0.39 is 0 Å². The van der Waals surface area contributed by atoms with Gasteiger partial charge in [-0.2, -0.15) is 0 Å². The minimum atomic E-state index is -0.309. The molecule has 4 heteroatoms. The first-order chi connectivity index (χ1) is 7.41. The number of carbonyl (C=O) groups is 2. The van der Waals surface area contributed by atoms with Gasteiger partial charge >= 0.3 is 0 Å². The van der Waals surface area contributed by atoms with Crippen molar-refractivity contribution in [3.63, 3.8) is 0 Å². The van der Waals surface area contributed by atoms with Crippen molar-refractivity contribution in [2.24, 2.45) is 0 Å². The van der Waals surface area contributed by atoms with Crippen molar-refractivity contribution in [1.29, 1.82) is 0 Å². The number of hydrogen-bond acceptors (Lipinski definition) is 2. The molecule has 1 aromatic rings. The molecule has 0 saturated heterocycles. The summed E-state index contributed by atoms with van der Waals surface area (Å²) in [5.74, 6) is -0.787. The molecule has 0 fully saturated rings. The number of benzene rings is 1. The Balaban J connectivity index is 2.87. The second-order valence-electron chi connectivity index (χ2n) is 3.77. The normalized spacial score (nSPS) is 10.0. The first-order valence-corrected chi connectivity index (χ1v) is 4.94. The van der Waals surface area contributed by atoms with E-state index in [1.165, 1.54) is 24.0 Å². The molecule has 0 aliphatic heterocycles. The van der Waals surface area contributed by atoms with Gasteiger partial charge in [-0.25, -0.2) is 4.39 Å². The Labute approximate surface area is 93.9 Å². The lowest BCUT2D eigenvalue weighted by atomic mass is 10.2. The highest BCUT2D eigenvalue weighted by Crippen LogP contribution is 2.17. The molecule has 0 unspecified atom stereocenters. The number of nitrogens with zero attached hydrogens (tertiary/aromatic N) is 1. The third kappa shape index (κ3) is 2.89. The van der Waals surface area contributed by atoms with Crippen LogP contribution in [0.1, 0.15) is 18.9 Å². The molecule has 0 spiro atoms. The van der Waals surface area contributed by atoms with E-state index in [2.05, 4.69) is 0 Å². The molecule has 0 N–H and O–H groups in total. The zero-order valence-electron chi connectivity index (χ0n) is 9.58. The van der Waals surface area contributed by atoms with E-state index in [1.54, 1.807) is 20.0 Å². The van der Waals surface area contributed by atoms with Gasteiger partial charge < -0.3 is 4.90 Å². The molecule has 0 aromatic heterocycles. The number of amides is 1. The van der Waals surface area contributed by atoms with Crippen molar-refractivity contribution >= 4 is 17.4 Å². The number of anilines is 1. The predicted octanol–water partition coefficient (Wildman–Crippen LogP) is 2.08. The maximum atomic E-state index is 13.0. The fraction of sp³-hybridized carbons (Fsp3) is 0.333. The number of carbonyl (C=O) groups excluding carboxylic acids is 2. The Hall–Kier alpha value is -1.71. The number of Topliss-reactive ketones (excluding diaryl/α,β-unsaturated/α-hetero) is 1. The van der Waals surface area contributed by atoms with Crippen LogP contribution in [0.25, 0.3) is 0 Å². The summed E-state index contributed by atoms with van der Waals surface area (Å²) >= 11 is 0. The van der Waals surface area contributed by atoms with Crippen LogP contribution >= 0.6 is 0 Å². The average molecular weight is 223 g/mol. The van der Waals surface area contributed by atoms with E-state index in [4.69, 9.17) is 0 Å². The van der Waals surface area contributed by atoms with Crippen LogP contribution in [0.2, 0.25) is 0 Å². The van der Waals surface area contributed by atoms with Crippen LogP contribution in [0.5, 0.6) is 0 Å². The van der Waals surface area contributed by atoms with Gasteiger partial charge in [0.2, 0.25) is 5.91 Å². The fourth-order valence-electron chi connectivity index (χ4n) is 1.31. The van der Waals surface area contributed by atoms with Crippen molar-refractivity contribution in [3.8, 4) is 0 Å². The maximum Gasteiger partial charge on any atom is 0.234 e. The van der Waals surface area contributed by atoms with Crippen molar-refractivity contribution in [3.05, 3.63) is 29.6 Å². The first-order valence-electron chi connectivity index (χ1n) is 4.94. The Morgan fingerprint density at radius 1 is 1.38 bits per heavy atom. The molecular formula is C12H14FNO2. The topological polar surface area (TPSA) is 37.4 Å². The molecule has 1 rings (SSSR count). The van der Waals surface area contributed by atoms with Crippen molar-refractivity contribution < 1.29 is 14.0 Å². The highest BCUT2D eigenvalue weighted by Gasteiger charge is 2.13. The van der Waals surface area contributed by atoms with Gasteiger partial charge in [0.15, 0.2) is 0 Å². The molecule has 3 nitrogen and oxygen atoms in total. The molecule has 86 valence electrons. The second kappa shape index (κ2) is 4.88. The summed E-state index contributed by atoms with van der Waals surface area (Å²) in [5, 5.41) is 0. The minimum Gasteiger partial charge on any atom is -0.315 e. The van der Waals surface area contributed by atoms with Gasteiger partial charge in [0.1, 0.15) is 11.6 Å². The summed E-state index contributed by atoms with van der Waals surface area (Å²) in [4.78, 5) is 23.7. The van der Waals surface area contributed by atoms with E-state index >= 15 is 0 Å². The number of hydrogen-bond donors (Lipinski definition) is 0. The number of ketones is 1. The molecule has 0 saturated carbocycles. The lowest BCUT2D eigenvalue weighted by Crippen LogP contribution is -2.27. The van der Waals surface area contributed by atoms with Crippen molar-refractivity contribution in [1.82, 2.24) is 0 Å². The molecule has 0 atom stereocenters. The van der Waals surface area contributed by atoms with Gasteiger partial charge in [0.25, 0.3) is 0 Å². The number of halogens is 1. The average Bonchev–Trinajstić information content (AvgIpc) is 2.20. The van der Waals surface area contributed by atoms with Gasteiger partial charge in [-0.05, 0) is 37.6 Å². The van der Waals surface area contributed by atoms with Crippen LogP contribution in [0, 0.1) is 12.7 Å². The monoisotopic (exact) mass is 223 g/mol. The Morgan fingerprint density at radius 2 is 2.00 bits per heavy atom. The standard InChI is InChI=1S/C12H14FNO2/c1-8-6-10(4-5-11(8)13)14(3)12(16)7-9(2)15/h4-6H,7H2,1-3H3. The molecule has 0 aliphatic carbocycles. The second-order valence-corrected chi connectivity index (χ2v) is 3.77. The third-order valence-electron chi connectivity index (χ3n) is 2.30. The summed E-state index contributed by atoms with van der Waals surface area (Å²) in [6.07, 6.45) is -0.132. The van der Waals surface area contributed by atoms with E-state index in [0.717, 1.165) is 0 Å². The molecular weight excluding hydrogens is 209 g/mol. The number of rotatable bonds is 3. The van der Waals surface area contributed by atoms with Gasteiger partial charge in [0, 0.05) is 12.7 Å². The summed E-state index contributed by atoms with van der Waals surface area (Å²) in [6.45, 7) is 2.99. The third-order valence-corrected chi connectivity index (χ3v) is 2.30. The van der Waals surface area contributed by atoms with Crippen LogP contribution in [0.4, 0.5) is 10.1 Å². The SMILES string of the molecule is CC(=O)CC(=O)N(C)c1ccc(F)c(C)c1. The van der Waals surface area contributed by atoms with Crippen LogP contribution < -0.4 is 4.90 Å². The molecule has 0 heterocycles. The Kier molecular flexibility index (Phi) is 3.77. The Morgan fingerprint density at radius 3 is 2.50 bits per heavy atom. The zero-order chi connectivity index (χ0) is 12.3. The molecule has 0 radical (unpaired) electrons. The fourth-order valence-corrected chi connectivity index (χ4v) is 1.31. The van der Waals surface area contributed by atoms with Crippen LogP contribution in [-0.2, 0) is 9.59 Å². The number of aryl methyl sites for hydroxylation is 1. The molecule has 1 amide bonds. The summed E-state index contributed by atoms with van der Waals surface area (Å²) in [7, 11) is 1.57. The molecule has 16 heavy (non-hydrogen) atoms. The highest BCUT2D eigenvalue weighted by molar-refractivity contribution is 6.04. The Bertz CT molecular complexity index is 429. The van der Waals surface area contributed by atoms with Crippen LogP contribution in [-0.4, -0.2) is 18.7 Å². The van der Waals surface area contributed by atoms with Crippen LogP contribution in [0.3, 0.4) is 0 Å². The molecule has 0 bridgehead atoms. The largest absolute Gasteiger partial charge is 0.315 e. The lowest BCUT2D eigenvalue weighted by molar-refractivity contribution is -0.125. The van der Waals surface area contributed by atoms with E-state index in [9.17, 15) is 14.0 Å². The van der Waals surface area contributed by atoms with Crippen molar-refractivity contribution in [2.75, 3.05) is 11.9 Å². The smallest absolute Gasteiger partial charge is 0.234 e. The summed E-state index contributed by atoms with van der Waals surface area (Å²) < 4.78 is 13.0. The van der Waals surface area contributed by atoms with Crippen LogP contribution in [0.15, 0.2) is 18.2 Å². The van der Waals surface area contributed by atoms with Crippen molar-refractivity contribution in [2.45, 2.75) is 20.3 Å². The molecule has 1 aromatic carbocycles. The molecule has 0 aliphatic rings. The van der Waals surface area contributed by atoms with Gasteiger partial charge in [0.05, 0.1) is 6.42 Å². The van der Waals surface area contributed by atoms with Gasteiger partial charge in [-0.3, -0.25) is 9.59 Å². The van der Waals surface area contributed by atoms with E-state index in [1.807, 2.05) is 0 Å². The zero-order valence-corrected chi connectivity index (χ0v) is 9.58.